The third-order valence-corrected chi connectivity index (χ3v) is 3.56. The highest BCUT2D eigenvalue weighted by Gasteiger charge is 2.10. The van der Waals surface area contributed by atoms with Crippen LogP contribution in [0, 0.1) is 0 Å². The Labute approximate surface area is 121 Å². The summed E-state index contributed by atoms with van der Waals surface area (Å²) in [5, 5.41) is 10.0. The summed E-state index contributed by atoms with van der Waals surface area (Å²) in [5.41, 5.74) is 8.95. The number of hydrogen-bond donors (Lipinski definition) is 1. The predicted molar refractivity (Wildman–Crippen MR) is 79.8 cm³/mol. The predicted octanol–water partition coefficient (Wildman–Crippen LogP) is 1.97. The molecule has 0 radical (unpaired) electrons. The molecule has 104 valence electrons. The van der Waals surface area contributed by atoms with Crippen molar-refractivity contribution in [2.24, 2.45) is 12.8 Å². The minimum atomic E-state index is 0.632. The lowest BCUT2D eigenvalue weighted by Gasteiger charge is -2.02. The Kier molecular flexibility index (Phi) is 3.46. The van der Waals surface area contributed by atoms with E-state index in [0.717, 1.165) is 22.7 Å². The van der Waals surface area contributed by atoms with Gasteiger partial charge in [-0.1, -0.05) is 22.9 Å². The van der Waals surface area contributed by atoms with Crippen molar-refractivity contribution in [1.82, 2.24) is 19.6 Å². The number of aryl methyl sites for hydroxylation is 1. The van der Waals surface area contributed by atoms with Crippen molar-refractivity contribution in [3.63, 3.8) is 0 Å². The summed E-state index contributed by atoms with van der Waals surface area (Å²) < 4.78 is 3.85. The van der Waals surface area contributed by atoms with Gasteiger partial charge in [-0.05, 0) is 30.7 Å². The van der Waals surface area contributed by atoms with Crippen LogP contribution in [0.25, 0.3) is 10.9 Å². The van der Waals surface area contributed by atoms with Crippen LogP contribution >= 0.6 is 11.6 Å². The highest BCUT2D eigenvalue weighted by Crippen LogP contribution is 2.25. The Morgan fingerprint density at radius 1 is 1.30 bits per heavy atom. The zero-order valence-electron chi connectivity index (χ0n) is 11.3. The van der Waals surface area contributed by atoms with Crippen LogP contribution in [0.4, 0.5) is 0 Å². The molecule has 0 spiro atoms. The highest BCUT2D eigenvalue weighted by molar-refractivity contribution is 6.31. The van der Waals surface area contributed by atoms with Crippen LogP contribution in [0.5, 0.6) is 0 Å². The molecule has 3 rings (SSSR count). The minimum absolute atomic E-state index is 0.632. The molecule has 0 atom stereocenters. The van der Waals surface area contributed by atoms with Crippen LogP contribution in [-0.2, 0) is 20.0 Å². The first-order chi connectivity index (χ1) is 9.67. The molecule has 0 unspecified atom stereocenters. The summed E-state index contributed by atoms with van der Waals surface area (Å²) in [6.45, 7) is 1.31. The molecule has 2 N–H and O–H groups in total. The van der Waals surface area contributed by atoms with Gasteiger partial charge < -0.3 is 10.3 Å². The first-order valence-electron chi connectivity index (χ1n) is 6.50. The summed E-state index contributed by atoms with van der Waals surface area (Å²) in [5.74, 6) is 0. The van der Waals surface area contributed by atoms with E-state index in [4.69, 9.17) is 17.3 Å². The van der Waals surface area contributed by atoms with Gasteiger partial charge in [-0.25, -0.2) is 0 Å². The fraction of sp³-hybridized carbons (Fsp3) is 0.286. The topological polar surface area (TPSA) is 61.7 Å². The Bertz CT molecular complexity index is 743. The van der Waals surface area contributed by atoms with Crippen LogP contribution in [0.3, 0.4) is 0 Å². The SMILES string of the molecule is Cn1cc(Cn2cc(CCN)c3ccc(Cl)cc32)nn1. The molecule has 0 aliphatic carbocycles. The van der Waals surface area contributed by atoms with Gasteiger partial charge in [0.1, 0.15) is 5.69 Å². The number of rotatable bonds is 4. The number of hydrogen-bond acceptors (Lipinski definition) is 3. The molecule has 0 aliphatic rings. The van der Waals surface area contributed by atoms with E-state index in [1.54, 1.807) is 4.68 Å². The van der Waals surface area contributed by atoms with Crippen molar-refractivity contribution in [2.45, 2.75) is 13.0 Å². The summed E-state index contributed by atoms with van der Waals surface area (Å²) in [6.07, 6.45) is 4.90. The quantitative estimate of drug-likeness (QED) is 0.799. The van der Waals surface area contributed by atoms with Crippen molar-refractivity contribution in [3.8, 4) is 0 Å². The molecule has 0 aliphatic heterocycles. The van der Waals surface area contributed by atoms with Crippen LogP contribution in [-0.4, -0.2) is 26.1 Å². The number of aromatic nitrogens is 4. The lowest BCUT2D eigenvalue weighted by atomic mass is 10.1. The van der Waals surface area contributed by atoms with Gasteiger partial charge in [-0.3, -0.25) is 4.68 Å². The van der Waals surface area contributed by atoms with Crippen LogP contribution in [0.1, 0.15) is 11.3 Å². The number of benzene rings is 1. The Hall–Kier alpha value is -1.85. The van der Waals surface area contributed by atoms with Crippen LogP contribution in [0.2, 0.25) is 5.02 Å². The second-order valence-corrected chi connectivity index (χ2v) is 5.30. The molecule has 6 heteroatoms. The molecule has 0 saturated heterocycles. The zero-order chi connectivity index (χ0) is 14.1. The van der Waals surface area contributed by atoms with E-state index < -0.39 is 0 Å². The first kappa shape index (κ1) is 13.1. The summed E-state index contributed by atoms with van der Waals surface area (Å²) in [7, 11) is 1.86. The molecule has 3 aromatic rings. The maximum absolute atomic E-state index is 6.11. The molecule has 0 bridgehead atoms. The maximum atomic E-state index is 6.11. The van der Waals surface area contributed by atoms with Gasteiger partial charge >= 0.3 is 0 Å². The molecule has 0 saturated carbocycles. The molecular formula is C14H16ClN5. The van der Waals surface area contributed by atoms with E-state index in [9.17, 15) is 0 Å². The van der Waals surface area contributed by atoms with Gasteiger partial charge in [-0.2, -0.15) is 0 Å². The van der Waals surface area contributed by atoms with Crippen molar-refractivity contribution >= 4 is 22.5 Å². The van der Waals surface area contributed by atoms with Gasteiger partial charge in [0.2, 0.25) is 0 Å². The van der Waals surface area contributed by atoms with Crippen molar-refractivity contribution in [3.05, 3.63) is 46.9 Å². The second-order valence-electron chi connectivity index (χ2n) is 4.87. The third kappa shape index (κ3) is 2.42. The van der Waals surface area contributed by atoms with Gasteiger partial charge in [0.25, 0.3) is 0 Å². The maximum Gasteiger partial charge on any atom is 0.102 e. The van der Waals surface area contributed by atoms with Gasteiger partial charge in [-0.15, -0.1) is 5.10 Å². The van der Waals surface area contributed by atoms with Crippen molar-refractivity contribution in [1.29, 1.82) is 0 Å². The molecule has 2 aromatic heterocycles. The molecule has 0 amide bonds. The standard InChI is InChI=1S/C14H16ClN5/c1-19-8-12(17-18-19)9-20-7-10(4-5-16)13-3-2-11(15)6-14(13)20/h2-3,6-8H,4-5,9,16H2,1H3. The van der Waals surface area contributed by atoms with E-state index in [-0.39, 0.29) is 0 Å². The lowest BCUT2D eigenvalue weighted by molar-refractivity contribution is 0.710. The van der Waals surface area contributed by atoms with E-state index in [0.29, 0.717) is 13.1 Å². The van der Waals surface area contributed by atoms with Gasteiger partial charge in [0.15, 0.2) is 0 Å². The Balaban J connectivity index is 2.06. The lowest BCUT2D eigenvalue weighted by Crippen LogP contribution is -2.02. The van der Waals surface area contributed by atoms with E-state index in [1.165, 1.54) is 10.9 Å². The molecule has 20 heavy (non-hydrogen) atoms. The average Bonchev–Trinajstić information content (AvgIpc) is 2.96. The van der Waals surface area contributed by atoms with Crippen LogP contribution < -0.4 is 5.73 Å². The van der Waals surface area contributed by atoms with Gasteiger partial charge in [0.05, 0.1) is 12.1 Å². The van der Waals surface area contributed by atoms with E-state index in [2.05, 4.69) is 27.1 Å². The second kappa shape index (κ2) is 5.26. The van der Waals surface area contributed by atoms with Gasteiger partial charge in [0, 0.05) is 29.9 Å². The third-order valence-electron chi connectivity index (χ3n) is 3.32. The Morgan fingerprint density at radius 2 is 2.15 bits per heavy atom. The number of nitrogens with two attached hydrogens (primary N) is 1. The smallest absolute Gasteiger partial charge is 0.102 e. The average molecular weight is 290 g/mol. The fourth-order valence-electron chi connectivity index (χ4n) is 2.47. The normalized spacial score (nSPS) is 11.3. The number of nitrogens with zero attached hydrogens (tertiary/aromatic N) is 4. The molecular weight excluding hydrogens is 274 g/mol. The van der Waals surface area contributed by atoms with Crippen molar-refractivity contribution in [2.75, 3.05) is 6.54 Å². The minimum Gasteiger partial charge on any atom is -0.341 e. The number of fused-ring (bicyclic) bond motifs is 1. The fourth-order valence-corrected chi connectivity index (χ4v) is 2.64. The summed E-state index contributed by atoms with van der Waals surface area (Å²) in [6, 6.07) is 5.94. The summed E-state index contributed by atoms with van der Waals surface area (Å²) in [4.78, 5) is 0. The molecule has 0 fully saturated rings. The van der Waals surface area contributed by atoms with Crippen LogP contribution in [0.15, 0.2) is 30.6 Å². The summed E-state index contributed by atoms with van der Waals surface area (Å²) >= 11 is 6.11. The first-order valence-corrected chi connectivity index (χ1v) is 6.87. The van der Waals surface area contributed by atoms with E-state index in [1.807, 2.05) is 25.4 Å². The number of halogens is 1. The van der Waals surface area contributed by atoms with Crippen molar-refractivity contribution < 1.29 is 0 Å². The molecule has 5 nitrogen and oxygen atoms in total. The largest absolute Gasteiger partial charge is 0.341 e. The molecule has 2 heterocycles. The highest BCUT2D eigenvalue weighted by atomic mass is 35.5. The zero-order valence-corrected chi connectivity index (χ0v) is 12.0. The monoisotopic (exact) mass is 289 g/mol. The molecule has 1 aromatic carbocycles. The Morgan fingerprint density at radius 3 is 2.85 bits per heavy atom. The van der Waals surface area contributed by atoms with E-state index >= 15 is 0 Å².